The highest BCUT2D eigenvalue weighted by Gasteiger charge is 2.26. The summed E-state index contributed by atoms with van der Waals surface area (Å²) in [7, 11) is 0. The Hall–Kier alpha value is -0.970. The van der Waals surface area contributed by atoms with Crippen LogP contribution in [0.25, 0.3) is 0 Å². The highest BCUT2D eigenvalue weighted by molar-refractivity contribution is 5.09. The second kappa shape index (κ2) is 5.94. The van der Waals surface area contributed by atoms with Crippen molar-refractivity contribution in [2.75, 3.05) is 6.54 Å². The monoisotopic (exact) mass is 234 g/mol. The fourth-order valence-corrected chi connectivity index (χ4v) is 1.40. The van der Waals surface area contributed by atoms with Crippen LogP contribution in [0.1, 0.15) is 25.3 Å². The second-order valence-corrected chi connectivity index (χ2v) is 3.80. The molecule has 0 unspecified atom stereocenters. The first-order valence-corrected chi connectivity index (χ1v) is 5.43. The molecule has 0 bridgehead atoms. The lowest BCUT2D eigenvalue weighted by molar-refractivity contribution is -0.136. The van der Waals surface area contributed by atoms with Crippen LogP contribution in [0.3, 0.4) is 0 Å². The quantitative estimate of drug-likeness (QED) is 0.749. The Labute approximate surface area is 93.5 Å². The molecule has 16 heavy (non-hydrogen) atoms. The van der Waals surface area contributed by atoms with Gasteiger partial charge in [0, 0.05) is 25.5 Å². The van der Waals surface area contributed by atoms with Gasteiger partial charge in [0.1, 0.15) is 0 Å². The number of hydrogen-bond donors (Lipinski definition) is 1. The van der Waals surface area contributed by atoms with Gasteiger partial charge in [-0.05, 0) is 24.6 Å². The third-order valence-electron chi connectivity index (χ3n) is 2.22. The lowest BCUT2D eigenvalue weighted by atomic mass is 10.3. The van der Waals surface area contributed by atoms with Gasteiger partial charge in [0.2, 0.25) is 0 Å². The number of halogens is 3. The zero-order chi connectivity index (χ0) is 12.0. The standard InChI is InChI=1S/C11H17F3N2/c1-2-5-15-8-10-3-6-16(9-10)7-4-11(12,13)14/h3,6,9,15H,2,4-5,7-8H2,1H3. The maximum Gasteiger partial charge on any atom is 0.390 e. The first-order chi connectivity index (χ1) is 7.51. The number of aromatic nitrogens is 1. The van der Waals surface area contributed by atoms with Crippen LogP contribution < -0.4 is 5.32 Å². The predicted molar refractivity (Wildman–Crippen MR) is 57.1 cm³/mol. The van der Waals surface area contributed by atoms with Gasteiger partial charge in [0.05, 0.1) is 6.42 Å². The maximum absolute atomic E-state index is 12.0. The molecule has 1 heterocycles. The van der Waals surface area contributed by atoms with Crippen molar-refractivity contribution in [2.45, 2.75) is 39.0 Å². The van der Waals surface area contributed by atoms with Crippen LogP contribution in [0.5, 0.6) is 0 Å². The summed E-state index contributed by atoms with van der Waals surface area (Å²) in [5.74, 6) is 0. The van der Waals surface area contributed by atoms with Crippen molar-refractivity contribution < 1.29 is 13.2 Å². The van der Waals surface area contributed by atoms with E-state index in [-0.39, 0.29) is 6.54 Å². The van der Waals surface area contributed by atoms with E-state index in [0.29, 0.717) is 6.54 Å². The van der Waals surface area contributed by atoms with Crippen molar-refractivity contribution >= 4 is 0 Å². The summed E-state index contributed by atoms with van der Waals surface area (Å²) in [5.41, 5.74) is 1.02. The Morgan fingerprint density at radius 1 is 1.38 bits per heavy atom. The van der Waals surface area contributed by atoms with E-state index in [1.54, 1.807) is 17.0 Å². The molecule has 0 fully saturated rings. The number of hydrogen-bond acceptors (Lipinski definition) is 1. The molecule has 1 N–H and O–H groups in total. The first-order valence-electron chi connectivity index (χ1n) is 5.43. The average Bonchev–Trinajstić information content (AvgIpc) is 2.62. The number of nitrogens with one attached hydrogen (secondary N) is 1. The Morgan fingerprint density at radius 3 is 2.75 bits per heavy atom. The molecule has 2 nitrogen and oxygen atoms in total. The lowest BCUT2D eigenvalue weighted by Crippen LogP contribution is -2.13. The van der Waals surface area contributed by atoms with E-state index in [1.807, 2.05) is 6.07 Å². The fraction of sp³-hybridized carbons (Fsp3) is 0.636. The Bertz CT molecular complexity index is 304. The molecule has 0 saturated carbocycles. The molecule has 0 aliphatic rings. The minimum atomic E-state index is -4.08. The predicted octanol–water partition coefficient (Wildman–Crippen LogP) is 2.94. The molecule has 0 spiro atoms. The minimum Gasteiger partial charge on any atom is -0.354 e. The van der Waals surface area contributed by atoms with Gasteiger partial charge in [-0.3, -0.25) is 0 Å². The summed E-state index contributed by atoms with van der Waals surface area (Å²) >= 11 is 0. The molecule has 1 aromatic rings. The van der Waals surface area contributed by atoms with Crippen LogP contribution >= 0.6 is 0 Å². The Kier molecular flexibility index (Phi) is 4.86. The first kappa shape index (κ1) is 13.1. The third kappa shape index (κ3) is 5.21. The number of nitrogens with zero attached hydrogens (tertiary/aromatic N) is 1. The summed E-state index contributed by atoms with van der Waals surface area (Å²) in [6.07, 6.45) is -0.355. The van der Waals surface area contributed by atoms with Gasteiger partial charge in [-0.25, -0.2) is 0 Å². The highest BCUT2D eigenvalue weighted by Crippen LogP contribution is 2.20. The molecule has 0 amide bonds. The second-order valence-electron chi connectivity index (χ2n) is 3.80. The van der Waals surface area contributed by atoms with Crippen LogP contribution in [-0.2, 0) is 13.1 Å². The van der Waals surface area contributed by atoms with Crippen molar-refractivity contribution in [1.29, 1.82) is 0 Å². The molecular weight excluding hydrogens is 217 g/mol. The third-order valence-corrected chi connectivity index (χ3v) is 2.22. The van der Waals surface area contributed by atoms with Gasteiger partial charge in [-0.1, -0.05) is 6.92 Å². The van der Waals surface area contributed by atoms with Gasteiger partial charge in [0.25, 0.3) is 0 Å². The molecule has 5 heteroatoms. The van der Waals surface area contributed by atoms with E-state index in [0.717, 1.165) is 18.5 Å². The van der Waals surface area contributed by atoms with Gasteiger partial charge in [-0.15, -0.1) is 0 Å². The van der Waals surface area contributed by atoms with E-state index in [2.05, 4.69) is 12.2 Å². The van der Waals surface area contributed by atoms with Crippen LogP contribution in [0.15, 0.2) is 18.5 Å². The lowest BCUT2D eigenvalue weighted by Gasteiger charge is -2.06. The van der Waals surface area contributed by atoms with Crippen LogP contribution in [-0.4, -0.2) is 17.3 Å². The van der Waals surface area contributed by atoms with Crippen LogP contribution in [0.2, 0.25) is 0 Å². The minimum absolute atomic E-state index is 0.00270. The smallest absolute Gasteiger partial charge is 0.354 e. The zero-order valence-electron chi connectivity index (χ0n) is 9.35. The SMILES string of the molecule is CCCNCc1ccn(CCC(F)(F)F)c1. The van der Waals surface area contributed by atoms with Gasteiger partial charge < -0.3 is 9.88 Å². The summed E-state index contributed by atoms with van der Waals surface area (Å²) in [4.78, 5) is 0. The average molecular weight is 234 g/mol. The van der Waals surface area contributed by atoms with E-state index < -0.39 is 12.6 Å². The molecule has 0 aliphatic heterocycles. The number of aryl methyl sites for hydroxylation is 1. The molecule has 1 aromatic heterocycles. The Morgan fingerprint density at radius 2 is 2.12 bits per heavy atom. The topological polar surface area (TPSA) is 17.0 Å². The van der Waals surface area contributed by atoms with E-state index in [4.69, 9.17) is 0 Å². The van der Waals surface area contributed by atoms with Crippen molar-refractivity contribution in [3.8, 4) is 0 Å². The molecule has 0 atom stereocenters. The van der Waals surface area contributed by atoms with Gasteiger partial charge >= 0.3 is 6.18 Å². The Balaban J connectivity index is 2.33. The summed E-state index contributed by atoms with van der Waals surface area (Å²) in [6, 6.07) is 1.85. The number of alkyl halides is 3. The summed E-state index contributed by atoms with van der Waals surface area (Å²) < 4.78 is 37.5. The largest absolute Gasteiger partial charge is 0.390 e. The van der Waals surface area contributed by atoms with E-state index in [9.17, 15) is 13.2 Å². The molecule has 0 aliphatic carbocycles. The van der Waals surface area contributed by atoms with Crippen LogP contribution in [0.4, 0.5) is 13.2 Å². The summed E-state index contributed by atoms with van der Waals surface area (Å²) in [6.45, 7) is 3.71. The van der Waals surface area contributed by atoms with Crippen LogP contribution in [0, 0.1) is 0 Å². The van der Waals surface area contributed by atoms with Crippen molar-refractivity contribution in [2.24, 2.45) is 0 Å². The molecule has 92 valence electrons. The highest BCUT2D eigenvalue weighted by atomic mass is 19.4. The summed E-state index contributed by atoms with van der Waals surface area (Å²) in [5, 5.41) is 3.20. The van der Waals surface area contributed by atoms with Crippen molar-refractivity contribution in [1.82, 2.24) is 9.88 Å². The van der Waals surface area contributed by atoms with E-state index >= 15 is 0 Å². The zero-order valence-corrected chi connectivity index (χ0v) is 9.35. The van der Waals surface area contributed by atoms with E-state index in [1.165, 1.54) is 0 Å². The van der Waals surface area contributed by atoms with Gasteiger partial charge in [0.15, 0.2) is 0 Å². The van der Waals surface area contributed by atoms with Crippen molar-refractivity contribution in [3.63, 3.8) is 0 Å². The molecular formula is C11H17F3N2. The maximum atomic E-state index is 12.0. The molecule has 0 radical (unpaired) electrons. The molecule has 0 aromatic carbocycles. The molecule has 0 saturated heterocycles. The van der Waals surface area contributed by atoms with Gasteiger partial charge in [-0.2, -0.15) is 13.2 Å². The molecule has 1 rings (SSSR count). The van der Waals surface area contributed by atoms with Crippen molar-refractivity contribution in [3.05, 3.63) is 24.0 Å². The fourth-order valence-electron chi connectivity index (χ4n) is 1.40. The number of rotatable bonds is 6. The normalized spacial score (nSPS) is 12.0.